The van der Waals surface area contributed by atoms with Crippen LogP contribution in [0.4, 0.5) is 0 Å². The zero-order valence-electron chi connectivity index (χ0n) is 30.1. The van der Waals surface area contributed by atoms with E-state index in [2.05, 4.69) is 19.2 Å². The first kappa shape index (κ1) is 32.8. The Morgan fingerprint density at radius 2 is 1.04 bits per heavy atom. The van der Waals surface area contributed by atoms with Gasteiger partial charge in [-0.15, -0.1) is 0 Å². The minimum atomic E-state index is 0.542. The highest BCUT2D eigenvalue weighted by Gasteiger charge is 2.22. The zero-order chi connectivity index (χ0) is 37.6. The molecule has 0 amide bonds. The molecule has 7 nitrogen and oxygen atoms in total. The standard InChI is InChI=1S/C49H31N5O2/c1-3-39-42(37-27-26-36(29-41(37)55-39)49-53-47(32-18-9-5-10-19-32)52-48(54-49)33-20-11-6-12-21-33)30(2)34-22-15-23-35(28-34)43-45-44(38-24-13-14-25-40(38)56-45)51-46(50-43)31-16-7-4-8-17-31/h3-29H,1-2H2. The molecule has 0 spiro atoms. The Morgan fingerprint density at radius 1 is 0.464 bits per heavy atom. The molecule has 0 aliphatic rings. The number of hydrogen-bond donors (Lipinski definition) is 0. The van der Waals surface area contributed by atoms with Crippen LogP contribution in [-0.2, 0) is 0 Å². The molecule has 264 valence electrons. The third-order valence-corrected chi connectivity index (χ3v) is 9.90. The van der Waals surface area contributed by atoms with E-state index < -0.39 is 0 Å². The maximum atomic E-state index is 6.47. The van der Waals surface area contributed by atoms with Crippen molar-refractivity contribution in [1.29, 1.82) is 0 Å². The van der Waals surface area contributed by atoms with Gasteiger partial charge in [0.25, 0.3) is 0 Å². The number of para-hydroxylation sites is 1. The van der Waals surface area contributed by atoms with Crippen molar-refractivity contribution in [1.82, 2.24) is 24.9 Å². The maximum Gasteiger partial charge on any atom is 0.180 e. The highest BCUT2D eigenvalue weighted by atomic mass is 16.3. The predicted octanol–water partition coefficient (Wildman–Crippen LogP) is 12.3. The van der Waals surface area contributed by atoms with Gasteiger partial charge in [-0.2, -0.15) is 0 Å². The maximum absolute atomic E-state index is 6.47. The first-order valence-electron chi connectivity index (χ1n) is 18.2. The molecule has 0 N–H and O–H groups in total. The molecule has 4 heterocycles. The van der Waals surface area contributed by atoms with Crippen LogP contribution in [0, 0.1) is 0 Å². The summed E-state index contributed by atoms with van der Waals surface area (Å²) in [6.45, 7) is 8.69. The summed E-state index contributed by atoms with van der Waals surface area (Å²) in [7, 11) is 0. The van der Waals surface area contributed by atoms with Crippen LogP contribution >= 0.6 is 0 Å². The molecular formula is C49H31N5O2. The quantitative estimate of drug-likeness (QED) is 0.154. The van der Waals surface area contributed by atoms with Gasteiger partial charge in [-0.25, -0.2) is 24.9 Å². The van der Waals surface area contributed by atoms with Gasteiger partial charge < -0.3 is 8.83 Å². The molecule has 0 bridgehead atoms. The lowest BCUT2D eigenvalue weighted by molar-refractivity contribution is 0.603. The van der Waals surface area contributed by atoms with E-state index in [0.29, 0.717) is 45.9 Å². The number of aromatic nitrogens is 5. The van der Waals surface area contributed by atoms with E-state index in [4.69, 9.17) is 33.8 Å². The van der Waals surface area contributed by atoms with Crippen LogP contribution in [0.2, 0.25) is 0 Å². The van der Waals surface area contributed by atoms with Crippen molar-refractivity contribution >= 4 is 44.7 Å². The number of nitrogens with zero attached hydrogens (tertiary/aromatic N) is 5. The summed E-state index contributed by atoms with van der Waals surface area (Å²) >= 11 is 0. The average Bonchev–Trinajstić information content (AvgIpc) is 3.84. The number of rotatable bonds is 8. The van der Waals surface area contributed by atoms with Gasteiger partial charge in [0.2, 0.25) is 0 Å². The molecule has 0 saturated heterocycles. The summed E-state index contributed by atoms with van der Waals surface area (Å²) < 4.78 is 12.9. The van der Waals surface area contributed by atoms with Crippen LogP contribution in [0.3, 0.4) is 0 Å². The van der Waals surface area contributed by atoms with E-state index in [-0.39, 0.29) is 0 Å². The largest absolute Gasteiger partial charge is 0.456 e. The van der Waals surface area contributed by atoms with Gasteiger partial charge in [0.05, 0.1) is 0 Å². The van der Waals surface area contributed by atoms with Gasteiger partial charge in [0.15, 0.2) is 28.9 Å². The van der Waals surface area contributed by atoms with Crippen molar-refractivity contribution in [3.05, 3.63) is 188 Å². The third kappa shape index (κ3) is 5.75. The predicted molar refractivity (Wildman–Crippen MR) is 224 cm³/mol. The first-order chi connectivity index (χ1) is 27.6. The Kier molecular flexibility index (Phi) is 7.96. The van der Waals surface area contributed by atoms with Crippen LogP contribution in [0.5, 0.6) is 0 Å². The summed E-state index contributed by atoms with van der Waals surface area (Å²) in [5.41, 5.74) is 10.5. The van der Waals surface area contributed by atoms with Crippen LogP contribution in [-0.4, -0.2) is 24.9 Å². The fourth-order valence-corrected chi connectivity index (χ4v) is 7.15. The Morgan fingerprint density at radius 3 is 1.68 bits per heavy atom. The molecule has 7 heteroatoms. The molecule has 0 aliphatic carbocycles. The number of benzene rings is 6. The van der Waals surface area contributed by atoms with Crippen LogP contribution in [0.1, 0.15) is 16.9 Å². The molecule has 4 aromatic heterocycles. The molecule has 56 heavy (non-hydrogen) atoms. The molecule has 10 rings (SSSR count). The van der Waals surface area contributed by atoms with Gasteiger partial charge in [-0.3, -0.25) is 0 Å². The highest BCUT2D eigenvalue weighted by molar-refractivity contribution is 6.07. The Bertz CT molecular complexity index is 3060. The summed E-state index contributed by atoms with van der Waals surface area (Å²) in [4.78, 5) is 24.8. The number of furan rings is 2. The van der Waals surface area contributed by atoms with E-state index in [1.54, 1.807) is 6.08 Å². The Hall–Kier alpha value is -7.77. The van der Waals surface area contributed by atoms with Crippen molar-refractivity contribution < 1.29 is 8.83 Å². The van der Waals surface area contributed by atoms with Crippen molar-refractivity contribution in [2.75, 3.05) is 0 Å². The second-order valence-electron chi connectivity index (χ2n) is 13.4. The zero-order valence-corrected chi connectivity index (χ0v) is 30.1. The molecule has 0 unspecified atom stereocenters. The molecular weight excluding hydrogens is 691 g/mol. The normalized spacial score (nSPS) is 11.4. The second-order valence-corrected chi connectivity index (χ2v) is 13.4. The van der Waals surface area contributed by atoms with E-state index in [0.717, 1.165) is 66.4 Å². The smallest absolute Gasteiger partial charge is 0.180 e. The summed E-state index contributed by atoms with van der Waals surface area (Å²) in [6.07, 6.45) is 1.72. The summed E-state index contributed by atoms with van der Waals surface area (Å²) in [6, 6.07) is 52.0. The fourth-order valence-electron chi connectivity index (χ4n) is 7.15. The molecule has 10 aromatic rings. The minimum absolute atomic E-state index is 0.542. The molecule has 0 fully saturated rings. The van der Waals surface area contributed by atoms with Gasteiger partial charge in [0, 0.05) is 44.2 Å². The van der Waals surface area contributed by atoms with Crippen molar-refractivity contribution in [2.45, 2.75) is 0 Å². The Labute approximate surface area is 322 Å². The lowest BCUT2D eigenvalue weighted by Gasteiger charge is -2.10. The number of fused-ring (bicyclic) bond motifs is 4. The molecule has 0 aliphatic heterocycles. The summed E-state index contributed by atoms with van der Waals surface area (Å²) in [5.74, 6) is 2.97. The van der Waals surface area contributed by atoms with Crippen LogP contribution in [0.15, 0.2) is 180 Å². The van der Waals surface area contributed by atoms with Crippen molar-refractivity contribution in [3.63, 3.8) is 0 Å². The van der Waals surface area contributed by atoms with E-state index >= 15 is 0 Å². The monoisotopic (exact) mass is 721 g/mol. The van der Waals surface area contributed by atoms with Gasteiger partial charge in [-0.05, 0) is 47.5 Å². The van der Waals surface area contributed by atoms with Crippen molar-refractivity contribution in [3.8, 4) is 56.8 Å². The third-order valence-electron chi connectivity index (χ3n) is 9.90. The molecule has 0 saturated carbocycles. The van der Waals surface area contributed by atoms with Crippen LogP contribution in [0.25, 0.3) is 101 Å². The minimum Gasteiger partial charge on any atom is -0.456 e. The van der Waals surface area contributed by atoms with E-state index in [1.807, 2.05) is 152 Å². The van der Waals surface area contributed by atoms with E-state index in [9.17, 15) is 0 Å². The Balaban J connectivity index is 1.07. The lowest BCUT2D eigenvalue weighted by Crippen LogP contribution is -2.00. The lowest BCUT2D eigenvalue weighted by atomic mass is 9.94. The second kappa shape index (κ2) is 13.6. The molecule has 0 atom stereocenters. The van der Waals surface area contributed by atoms with Crippen LogP contribution < -0.4 is 0 Å². The van der Waals surface area contributed by atoms with Gasteiger partial charge in [0.1, 0.15) is 28.1 Å². The van der Waals surface area contributed by atoms with Gasteiger partial charge in [-0.1, -0.05) is 141 Å². The average molecular weight is 722 g/mol. The summed E-state index contributed by atoms with van der Waals surface area (Å²) in [5, 5.41) is 1.83. The molecule has 0 radical (unpaired) electrons. The highest BCUT2D eigenvalue weighted by Crippen LogP contribution is 2.40. The SMILES string of the molecule is C=Cc1oc2cc(-c3nc(-c4ccccc4)nc(-c4ccccc4)n3)ccc2c1C(=C)c1cccc(-c2nc(-c3ccccc3)nc3c2oc2ccccc23)c1. The topological polar surface area (TPSA) is 90.7 Å². The van der Waals surface area contributed by atoms with E-state index in [1.165, 1.54) is 0 Å². The first-order valence-corrected chi connectivity index (χ1v) is 18.2. The fraction of sp³-hybridized carbons (Fsp3) is 0. The number of hydrogen-bond acceptors (Lipinski definition) is 7. The van der Waals surface area contributed by atoms with Crippen molar-refractivity contribution in [2.24, 2.45) is 0 Å². The van der Waals surface area contributed by atoms with Gasteiger partial charge >= 0.3 is 0 Å². The molecule has 6 aromatic carbocycles.